The third-order valence-electron chi connectivity index (χ3n) is 4.62. The molecule has 1 fully saturated rings. The van der Waals surface area contributed by atoms with Crippen LogP contribution in [0.15, 0.2) is 29.1 Å². The molecule has 0 saturated carbocycles. The molecule has 128 valence electrons. The van der Waals surface area contributed by atoms with E-state index in [1.807, 2.05) is 23.7 Å². The van der Waals surface area contributed by atoms with Gasteiger partial charge in [-0.25, -0.2) is 13.8 Å². The molecule has 2 aromatic heterocycles. The van der Waals surface area contributed by atoms with E-state index in [9.17, 15) is 13.6 Å². The SMILES string of the molecule is Cn1cnc2c1[C@H](C(=O)N1CC(F)(F)C1)CN(Cc1ccco1)C2. The van der Waals surface area contributed by atoms with Crippen LogP contribution in [-0.2, 0) is 24.9 Å². The van der Waals surface area contributed by atoms with Crippen LogP contribution in [0.3, 0.4) is 0 Å². The number of rotatable bonds is 3. The lowest BCUT2D eigenvalue weighted by Gasteiger charge is -2.42. The first-order valence-corrected chi connectivity index (χ1v) is 7.84. The molecule has 1 atom stereocenters. The molecular weight excluding hydrogens is 318 g/mol. The first-order chi connectivity index (χ1) is 11.4. The Morgan fingerprint density at radius 2 is 2.25 bits per heavy atom. The molecule has 8 heteroatoms. The number of hydrogen-bond acceptors (Lipinski definition) is 4. The number of aryl methyl sites for hydroxylation is 1. The summed E-state index contributed by atoms with van der Waals surface area (Å²) in [6.45, 7) is 0.648. The summed E-state index contributed by atoms with van der Waals surface area (Å²) in [7, 11) is 1.83. The average molecular weight is 336 g/mol. The maximum absolute atomic E-state index is 13.1. The molecule has 24 heavy (non-hydrogen) atoms. The Morgan fingerprint density at radius 1 is 1.46 bits per heavy atom. The van der Waals surface area contributed by atoms with Gasteiger partial charge in [0.1, 0.15) is 5.76 Å². The second-order valence-corrected chi connectivity index (χ2v) is 6.54. The molecule has 6 nitrogen and oxygen atoms in total. The van der Waals surface area contributed by atoms with Crippen molar-refractivity contribution in [3.63, 3.8) is 0 Å². The topological polar surface area (TPSA) is 54.5 Å². The fourth-order valence-corrected chi connectivity index (χ4v) is 3.50. The Hall–Kier alpha value is -2.22. The van der Waals surface area contributed by atoms with Gasteiger partial charge in [-0.05, 0) is 12.1 Å². The molecule has 0 N–H and O–H groups in total. The summed E-state index contributed by atoms with van der Waals surface area (Å²) in [6.07, 6.45) is 3.28. The van der Waals surface area contributed by atoms with Crippen molar-refractivity contribution in [3.05, 3.63) is 41.9 Å². The van der Waals surface area contributed by atoms with E-state index in [4.69, 9.17) is 4.42 Å². The van der Waals surface area contributed by atoms with Crippen LogP contribution in [0, 0.1) is 0 Å². The fraction of sp³-hybridized carbons (Fsp3) is 0.500. The molecule has 0 spiro atoms. The molecule has 4 heterocycles. The van der Waals surface area contributed by atoms with Crippen molar-refractivity contribution in [2.45, 2.75) is 24.9 Å². The largest absolute Gasteiger partial charge is 0.468 e. The minimum atomic E-state index is -2.76. The summed E-state index contributed by atoms with van der Waals surface area (Å²) in [4.78, 5) is 20.4. The smallest absolute Gasteiger partial charge is 0.282 e. The number of alkyl halides is 2. The van der Waals surface area contributed by atoms with Gasteiger partial charge in [-0.15, -0.1) is 0 Å². The van der Waals surface area contributed by atoms with Crippen LogP contribution in [-0.4, -0.2) is 50.8 Å². The summed E-state index contributed by atoms with van der Waals surface area (Å²) in [5.74, 6) is -2.69. The van der Waals surface area contributed by atoms with Crippen molar-refractivity contribution < 1.29 is 18.0 Å². The van der Waals surface area contributed by atoms with E-state index in [2.05, 4.69) is 9.88 Å². The van der Waals surface area contributed by atoms with Gasteiger partial charge in [-0.3, -0.25) is 9.69 Å². The molecule has 2 aliphatic rings. The lowest BCUT2D eigenvalue weighted by atomic mass is 9.94. The monoisotopic (exact) mass is 336 g/mol. The number of fused-ring (bicyclic) bond motifs is 1. The summed E-state index contributed by atoms with van der Waals surface area (Å²) in [6, 6.07) is 3.69. The number of furan rings is 1. The molecule has 4 rings (SSSR count). The van der Waals surface area contributed by atoms with Gasteiger partial charge in [-0.1, -0.05) is 0 Å². The molecule has 0 unspecified atom stereocenters. The molecule has 2 aliphatic heterocycles. The third kappa shape index (κ3) is 2.60. The average Bonchev–Trinajstić information content (AvgIpc) is 3.14. The Labute approximate surface area is 137 Å². The van der Waals surface area contributed by atoms with Gasteiger partial charge in [0, 0.05) is 20.1 Å². The maximum Gasteiger partial charge on any atom is 0.282 e. The number of halogens is 2. The van der Waals surface area contributed by atoms with Crippen LogP contribution in [0.25, 0.3) is 0 Å². The lowest BCUT2D eigenvalue weighted by Crippen LogP contribution is -2.60. The second kappa shape index (κ2) is 5.41. The Bertz CT molecular complexity index is 748. The van der Waals surface area contributed by atoms with Crippen molar-refractivity contribution in [3.8, 4) is 0 Å². The van der Waals surface area contributed by atoms with Gasteiger partial charge >= 0.3 is 0 Å². The fourth-order valence-electron chi connectivity index (χ4n) is 3.50. The summed E-state index contributed by atoms with van der Waals surface area (Å²) in [5, 5.41) is 0. The first kappa shape index (κ1) is 15.3. The molecule has 1 saturated heterocycles. The predicted octanol–water partition coefficient (Wildman–Crippen LogP) is 1.59. The van der Waals surface area contributed by atoms with Crippen LogP contribution < -0.4 is 0 Å². The number of nitrogens with zero attached hydrogens (tertiary/aromatic N) is 4. The summed E-state index contributed by atoms with van der Waals surface area (Å²) < 4.78 is 33.4. The van der Waals surface area contributed by atoms with Gasteiger partial charge in [0.25, 0.3) is 5.92 Å². The van der Waals surface area contributed by atoms with Crippen molar-refractivity contribution in [1.29, 1.82) is 0 Å². The van der Waals surface area contributed by atoms with Gasteiger partial charge in [0.05, 0.1) is 49.5 Å². The zero-order valence-electron chi connectivity index (χ0n) is 13.3. The molecule has 0 radical (unpaired) electrons. The van der Waals surface area contributed by atoms with Gasteiger partial charge in [-0.2, -0.15) is 0 Å². The van der Waals surface area contributed by atoms with E-state index < -0.39 is 24.9 Å². The van der Waals surface area contributed by atoms with Crippen LogP contribution in [0.5, 0.6) is 0 Å². The minimum Gasteiger partial charge on any atom is -0.468 e. The van der Waals surface area contributed by atoms with E-state index >= 15 is 0 Å². The molecule has 1 amide bonds. The van der Waals surface area contributed by atoms with Crippen molar-refractivity contribution in [2.24, 2.45) is 7.05 Å². The third-order valence-corrected chi connectivity index (χ3v) is 4.62. The summed E-state index contributed by atoms with van der Waals surface area (Å²) >= 11 is 0. The van der Waals surface area contributed by atoms with E-state index in [0.29, 0.717) is 19.6 Å². The standard InChI is InChI=1S/C16H18F2N4O2/c1-20-10-19-13-7-21(5-11-3-2-4-24-11)6-12(14(13)20)15(23)22-8-16(17,18)9-22/h2-4,10,12H,5-9H2,1H3/t12-/m1/s1. The number of carbonyl (C=O) groups excluding carboxylic acids is 1. The zero-order chi connectivity index (χ0) is 16.9. The van der Waals surface area contributed by atoms with Crippen molar-refractivity contribution >= 4 is 5.91 Å². The lowest BCUT2D eigenvalue weighted by molar-refractivity contribution is -0.168. The number of amides is 1. The number of likely N-dealkylation sites (tertiary alicyclic amines) is 1. The first-order valence-electron chi connectivity index (χ1n) is 7.84. The quantitative estimate of drug-likeness (QED) is 0.854. The highest BCUT2D eigenvalue weighted by atomic mass is 19.3. The second-order valence-electron chi connectivity index (χ2n) is 6.54. The van der Waals surface area contributed by atoms with Crippen LogP contribution in [0.2, 0.25) is 0 Å². The van der Waals surface area contributed by atoms with Gasteiger partial charge < -0.3 is 13.9 Å². The Morgan fingerprint density at radius 3 is 2.92 bits per heavy atom. The highest BCUT2D eigenvalue weighted by molar-refractivity contribution is 5.85. The van der Waals surface area contributed by atoms with E-state index in [1.165, 1.54) is 4.90 Å². The Balaban J connectivity index is 1.57. The molecule has 0 aliphatic carbocycles. The van der Waals surface area contributed by atoms with E-state index in [0.717, 1.165) is 17.1 Å². The van der Waals surface area contributed by atoms with Crippen LogP contribution in [0.1, 0.15) is 23.1 Å². The molecular formula is C16H18F2N4O2. The Kier molecular flexibility index (Phi) is 3.45. The van der Waals surface area contributed by atoms with Crippen molar-refractivity contribution in [1.82, 2.24) is 19.4 Å². The summed E-state index contributed by atoms with van der Waals surface area (Å²) in [5.41, 5.74) is 1.65. The number of aromatic nitrogens is 2. The van der Waals surface area contributed by atoms with Gasteiger partial charge in [0.15, 0.2) is 0 Å². The molecule has 0 bridgehead atoms. The number of carbonyl (C=O) groups is 1. The normalized spacial score (nSPS) is 23.0. The maximum atomic E-state index is 13.1. The van der Waals surface area contributed by atoms with Crippen molar-refractivity contribution in [2.75, 3.05) is 19.6 Å². The zero-order valence-corrected chi connectivity index (χ0v) is 13.3. The van der Waals surface area contributed by atoms with Crippen LogP contribution in [0.4, 0.5) is 8.78 Å². The highest BCUT2D eigenvalue weighted by Crippen LogP contribution is 2.34. The van der Waals surface area contributed by atoms with Gasteiger partial charge in [0.2, 0.25) is 5.91 Å². The van der Waals surface area contributed by atoms with Crippen LogP contribution >= 0.6 is 0 Å². The number of imidazole rings is 1. The minimum absolute atomic E-state index is 0.255. The van der Waals surface area contributed by atoms with E-state index in [-0.39, 0.29) is 5.91 Å². The highest BCUT2D eigenvalue weighted by Gasteiger charge is 2.49. The van der Waals surface area contributed by atoms with E-state index in [1.54, 1.807) is 12.6 Å². The predicted molar refractivity (Wildman–Crippen MR) is 80.3 cm³/mol. The molecule has 2 aromatic rings. The molecule has 0 aromatic carbocycles. The number of hydrogen-bond donors (Lipinski definition) is 0.